The summed E-state index contributed by atoms with van der Waals surface area (Å²) in [5.74, 6) is -0.989. The summed E-state index contributed by atoms with van der Waals surface area (Å²) in [7, 11) is 0. The fraction of sp³-hybridized carbons (Fsp3) is 0.192. The second kappa shape index (κ2) is 12.0. The zero-order chi connectivity index (χ0) is 24.5. The fourth-order valence-corrected chi connectivity index (χ4v) is 3.18. The Morgan fingerprint density at radius 3 is 2.38 bits per heavy atom. The topological polar surface area (TPSA) is 79.8 Å². The lowest BCUT2D eigenvalue weighted by atomic mass is 10.0. The molecule has 176 valence electrons. The van der Waals surface area contributed by atoms with E-state index < -0.39 is 23.7 Å². The molecule has 1 unspecified atom stereocenters. The molecule has 2 amide bonds. The van der Waals surface area contributed by atoms with Crippen molar-refractivity contribution in [3.63, 3.8) is 0 Å². The van der Waals surface area contributed by atoms with Crippen molar-refractivity contribution in [1.82, 2.24) is 10.7 Å². The van der Waals surface area contributed by atoms with Crippen LogP contribution >= 0.6 is 11.6 Å². The standard InChI is InChI=1S/C26H25ClFN3O3/c1-17(2)24(30-25(32)19-9-13-22(28)14-10-19)26(33)31-29-15-20-5-3-4-6-23(20)34-16-18-7-11-21(27)12-8-18/h3-15,17,24H,16H2,1-2H3,(H,30,32)(H,31,33)/b29-15+. The summed E-state index contributed by atoms with van der Waals surface area (Å²) < 4.78 is 19.0. The minimum atomic E-state index is -0.828. The normalized spacial score (nSPS) is 11.9. The van der Waals surface area contributed by atoms with E-state index in [1.165, 1.54) is 30.5 Å². The molecule has 0 aliphatic carbocycles. The summed E-state index contributed by atoms with van der Waals surface area (Å²) >= 11 is 5.91. The maximum Gasteiger partial charge on any atom is 0.262 e. The van der Waals surface area contributed by atoms with Crippen LogP contribution in [0, 0.1) is 11.7 Å². The number of rotatable bonds is 9. The van der Waals surface area contributed by atoms with Gasteiger partial charge in [-0.1, -0.05) is 49.7 Å². The lowest BCUT2D eigenvalue weighted by Gasteiger charge is -2.20. The SMILES string of the molecule is CC(C)C(NC(=O)c1ccc(F)cc1)C(=O)N/N=C/c1ccccc1OCc1ccc(Cl)cc1. The molecular weight excluding hydrogens is 457 g/mol. The Bertz CT molecular complexity index is 1150. The number of benzene rings is 3. The number of nitrogens with one attached hydrogen (secondary N) is 2. The van der Waals surface area contributed by atoms with Crippen molar-refractivity contribution in [3.8, 4) is 5.75 Å². The minimum Gasteiger partial charge on any atom is -0.488 e. The number of hydrogen-bond donors (Lipinski definition) is 2. The number of amides is 2. The molecule has 3 aromatic carbocycles. The molecule has 0 heterocycles. The van der Waals surface area contributed by atoms with Gasteiger partial charge in [-0.2, -0.15) is 5.10 Å². The van der Waals surface area contributed by atoms with Crippen molar-refractivity contribution in [2.24, 2.45) is 11.0 Å². The average molecular weight is 482 g/mol. The highest BCUT2D eigenvalue weighted by molar-refractivity contribution is 6.30. The summed E-state index contributed by atoms with van der Waals surface area (Å²) in [6.07, 6.45) is 1.48. The molecule has 0 bridgehead atoms. The molecule has 0 radical (unpaired) electrons. The molecule has 0 aliphatic heterocycles. The van der Waals surface area contributed by atoms with E-state index in [-0.39, 0.29) is 11.5 Å². The van der Waals surface area contributed by atoms with E-state index in [0.717, 1.165) is 5.56 Å². The van der Waals surface area contributed by atoms with Gasteiger partial charge in [0, 0.05) is 16.1 Å². The molecule has 8 heteroatoms. The Labute approximate surface area is 202 Å². The zero-order valence-electron chi connectivity index (χ0n) is 18.8. The van der Waals surface area contributed by atoms with Crippen molar-refractivity contribution in [1.29, 1.82) is 0 Å². The zero-order valence-corrected chi connectivity index (χ0v) is 19.6. The Balaban J connectivity index is 1.61. The smallest absolute Gasteiger partial charge is 0.262 e. The van der Waals surface area contributed by atoms with Crippen molar-refractivity contribution in [2.45, 2.75) is 26.5 Å². The maximum absolute atomic E-state index is 13.1. The Kier molecular flexibility index (Phi) is 8.76. The number of halogens is 2. The van der Waals surface area contributed by atoms with Gasteiger partial charge in [-0.3, -0.25) is 9.59 Å². The van der Waals surface area contributed by atoms with Crippen LogP contribution in [0.3, 0.4) is 0 Å². The van der Waals surface area contributed by atoms with Gasteiger partial charge in [0.2, 0.25) is 0 Å². The van der Waals surface area contributed by atoms with Gasteiger partial charge in [0.25, 0.3) is 11.8 Å². The Morgan fingerprint density at radius 2 is 1.71 bits per heavy atom. The van der Waals surface area contributed by atoms with Crippen LogP contribution in [-0.2, 0) is 11.4 Å². The van der Waals surface area contributed by atoms with Gasteiger partial charge in [0.1, 0.15) is 24.2 Å². The molecule has 0 spiro atoms. The number of carbonyl (C=O) groups excluding carboxylic acids is 2. The lowest BCUT2D eigenvalue weighted by molar-refractivity contribution is -0.123. The second-order valence-electron chi connectivity index (χ2n) is 7.89. The van der Waals surface area contributed by atoms with Crippen molar-refractivity contribution >= 4 is 29.6 Å². The molecule has 0 fully saturated rings. The van der Waals surface area contributed by atoms with E-state index in [2.05, 4.69) is 15.8 Å². The summed E-state index contributed by atoms with van der Waals surface area (Å²) in [5.41, 5.74) is 4.36. The van der Waals surface area contributed by atoms with Crippen LogP contribution in [0.1, 0.15) is 35.3 Å². The molecule has 0 saturated heterocycles. The first kappa shape index (κ1) is 24.9. The van der Waals surface area contributed by atoms with E-state index in [4.69, 9.17) is 16.3 Å². The van der Waals surface area contributed by atoms with Crippen LogP contribution in [0.4, 0.5) is 4.39 Å². The van der Waals surface area contributed by atoms with Crippen LogP contribution in [0.2, 0.25) is 5.02 Å². The van der Waals surface area contributed by atoms with Crippen molar-refractivity contribution in [3.05, 3.63) is 100 Å². The third-order valence-corrected chi connectivity index (χ3v) is 5.20. The monoisotopic (exact) mass is 481 g/mol. The molecular formula is C26H25ClFN3O3. The van der Waals surface area contributed by atoms with Crippen molar-refractivity contribution < 1.29 is 18.7 Å². The van der Waals surface area contributed by atoms with Gasteiger partial charge < -0.3 is 10.1 Å². The number of ether oxygens (including phenoxy) is 1. The van der Waals surface area contributed by atoms with Crippen molar-refractivity contribution in [2.75, 3.05) is 0 Å². The van der Waals surface area contributed by atoms with Crippen LogP contribution in [0.15, 0.2) is 77.9 Å². The van der Waals surface area contributed by atoms with E-state index >= 15 is 0 Å². The van der Waals surface area contributed by atoms with Crippen LogP contribution in [0.5, 0.6) is 5.75 Å². The number of carbonyl (C=O) groups is 2. The predicted molar refractivity (Wildman–Crippen MR) is 130 cm³/mol. The summed E-state index contributed by atoms with van der Waals surface area (Å²) in [6, 6.07) is 18.9. The summed E-state index contributed by atoms with van der Waals surface area (Å²) in [5, 5.41) is 7.37. The van der Waals surface area contributed by atoms with Crippen LogP contribution < -0.4 is 15.5 Å². The highest BCUT2D eigenvalue weighted by atomic mass is 35.5. The van der Waals surface area contributed by atoms with Gasteiger partial charge in [-0.25, -0.2) is 9.82 Å². The molecule has 6 nitrogen and oxygen atoms in total. The first-order chi connectivity index (χ1) is 16.3. The Morgan fingerprint density at radius 1 is 1.03 bits per heavy atom. The third-order valence-electron chi connectivity index (χ3n) is 4.95. The molecule has 2 N–H and O–H groups in total. The first-order valence-corrected chi connectivity index (χ1v) is 11.1. The summed E-state index contributed by atoms with van der Waals surface area (Å²) in [6.45, 7) is 3.96. The predicted octanol–water partition coefficient (Wildman–Crippen LogP) is 4.96. The molecule has 1 atom stereocenters. The minimum absolute atomic E-state index is 0.199. The highest BCUT2D eigenvalue weighted by Crippen LogP contribution is 2.18. The van der Waals surface area contributed by atoms with Gasteiger partial charge in [-0.15, -0.1) is 0 Å². The second-order valence-corrected chi connectivity index (χ2v) is 8.33. The molecule has 3 rings (SSSR count). The van der Waals surface area contributed by atoms with Crippen LogP contribution in [0.25, 0.3) is 0 Å². The third kappa shape index (κ3) is 7.15. The Hall–Kier alpha value is -3.71. The number of hydrogen-bond acceptors (Lipinski definition) is 4. The van der Waals surface area contributed by atoms with E-state index in [9.17, 15) is 14.0 Å². The van der Waals surface area contributed by atoms with Gasteiger partial charge in [0.05, 0.1) is 6.21 Å². The molecule has 0 saturated carbocycles. The van der Waals surface area contributed by atoms with Gasteiger partial charge >= 0.3 is 0 Å². The lowest BCUT2D eigenvalue weighted by Crippen LogP contribution is -2.48. The molecule has 3 aromatic rings. The van der Waals surface area contributed by atoms with Gasteiger partial charge in [-0.05, 0) is 60.0 Å². The summed E-state index contributed by atoms with van der Waals surface area (Å²) in [4.78, 5) is 25.1. The molecule has 34 heavy (non-hydrogen) atoms. The molecule has 0 aromatic heterocycles. The van der Waals surface area contributed by atoms with E-state index in [1.54, 1.807) is 32.0 Å². The first-order valence-electron chi connectivity index (χ1n) is 10.7. The average Bonchev–Trinajstić information content (AvgIpc) is 2.83. The quantitative estimate of drug-likeness (QED) is 0.335. The molecule has 0 aliphatic rings. The van der Waals surface area contributed by atoms with E-state index in [1.807, 2.05) is 30.3 Å². The number of nitrogens with zero attached hydrogens (tertiary/aromatic N) is 1. The number of hydrazone groups is 1. The largest absolute Gasteiger partial charge is 0.488 e. The van der Waals surface area contributed by atoms with E-state index in [0.29, 0.717) is 22.9 Å². The highest BCUT2D eigenvalue weighted by Gasteiger charge is 2.24. The fourth-order valence-electron chi connectivity index (χ4n) is 3.06. The maximum atomic E-state index is 13.1. The van der Waals surface area contributed by atoms with Crippen LogP contribution in [-0.4, -0.2) is 24.1 Å². The number of para-hydroxylation sites is 1. The van der Waals surface area contributed by atoms with Gasteiger partial charge in [0.15, 0.2) is 0 Å².